The molecule has 2 aromatic carbocycles. The van der Waals surface area contributed by atoms with Crippen molar-refractivity contribution in [2.24, 2.45) is 28.5 Å². The zero-order chi connectivity index (χ0) is 30.2. The van der Waals surface area contributed by atoms with E-state index in [1.54, 1.807) is 6.20 Å². The molecule has 3 heterocycles. The molecule has 0 saturated carbocycles. The van der Waals surface area contributed by atoms with E-state index in [0.717, 1.165) is 25.0 Å². The highest BCUT2D eigenvalue weighted by Gasteiger charge is 2.45. The molecule has 0 aromatic heterocycles. The summed E-state index contributed by atoms with van der Waals surface area (Å²) in [6.45, 7) is 0. The highest BCUT2D eigenvalue weighted by Crippen LogP contribution is 2.46. The first-order valence-corrected chi connectivity index (χ1v) is 16.4. The average molecular weight is 589 g/mol. The van der Waals surface area contributed by atoms with Gasteiger partial charge in [-0.2, -0.15) is 0 Å². The summed E-state index contributed by atoms with van der Waals surface area (Å²) in [6.07, 6.45) is 34.1. The number of fused-ring (bicyclic) bond motifs is 5. The zero-order valence-electron chi connectivity index (χ0n) is 25.5. The van der Waals surface area contributed by atoms with Gasteiger partial charge in [-0.1, -0.05) is 121 Å². The van der Waals surface area contributed by atoms with E-state index < -0.39 is 0 Å². The number of allylic oxidation sites excluding steroid dienone is 9. The van der Waals surface area contributed by atoms with Crippen LogP contribution in [-0.2, 0) is 6.42 Å². The molecule has 1 fully saturated rings. The van der Waals surface area contributed by atoms with Crippen LogP contribution in [-0.4, -0.2) is 29.9 Å². The van der Waals surface area contributed by atoms with E-state index in [2.05, 4.69) is 132 Å². The number of dihydropyridines is 2. The van der Waals surface area contributed by atoms with Gasteiger partial charge in [-0.3, -0.25) is 4.99 Å². The average Bonchev–Trinajstić information content (AvgIpc) is 3.48. The van der Waals surface area contributed by atoms with E-state index in [0.29, 0.717) is 23.9 Å². The van der Waals surface area contributed by atoms with Crippen molar-refractivity contribution >= 4 is 11.3 Å². The number of nitrogens with one attached hydrogen (secondary N) is 2. The minimum absolute atomic E-state index is 0.0840. The van der Waals surface area contributed by atoms with E-state index in [1.807, 2.05) is 12.2 Å². The zero-order valence-corrected chi connectivity index (χ0v) is 25.5. The van der Waals surface area contributed by atoms with Crippen molar-refractivity contribution in [2.75, 3.05) is 0 Å². The quantitative estimate of drug-likeness (QED) is 0.254. The van der Waals surface area contributed by atoms with E-state index in [1.165, 1.54) is 39.1 Å². The number of nitrogens with two attached hydrogens (primary N) is 1. The van der Waals surface area contributed by atoms with Crippen LogP contribution in [0, 0.1) is 17.8 Å². The van der Waals surface area contributed by atoms with Gasteiger partial charge in [0.25, 0.3) is 0 Å². The molecule has 4 N–H and O–H groups in total. The number of nitrogens with zero attached hydrogens (tertiary/aromatic N) is 1. The van der Waals surface area contributed by atoms with Crippen LogP contribution >= 0.6 is 0 Å². The van der Waals surface area contributed by atoms with Crippen LogP contribution in [0.5, 0.6) is 0 Å². The molecule has 2 aromatic rings. The molecule has 7 unspecified atom stereocenters. The summed E-state index contributed by atoms with van der Waals surface area (Å²) in [5.74, 6) is 1.18. The van der Waals surface area contributed by atoms with Crippen molar-refractivity contribution in [1.82, 2.24) is 10.6 Å². The lowest BCUT2D eigenvalue weighted by atomic mass is 9.72. The number of hydrogen-bond donors (Lipinski definition) is 3. The fourth-order valence-electron chi connectivity index (χ4n) is 8.01. The smallest absolute Gasteiger partial charge is 0.100 e. The molecule has 4 nitrogen and oxygen atoms in total. The maximum Gasteiger partial charge on any atom is 0.100 e. The van der Waals surface area contributed by atoms with Crippen molar-refractivity contribution in [3.63, 3.8) is 0 Å². The van der Waals surface area contributed by atoms with Crippen molar-refractivity contribution in [3.05, 3.63) is 173 Å². The Morgan fingerprint density at radius 2 is 1.73 bits per heavy atom. The first kappa shape index (κ1) is 27.8. The van der Waals surface area contributed by atoms with Crippen molar-refractivity contribution < 1.29 is 0 Å². The molecule has 3 aliphatic carbocycles. The minimum Gasteiger partial charge on any atom is -0.405 e. The Kier molecular flexibility index (Phi) is 7.44. The summed E-state index contributed by atoms with van der Waals surface area (Å²) in [5.41, 5.74) is 15.8. The highest BCUT2D eigenvalue weighted by atomic mass is 15.0. The standard InChI is InChI=1S/C41H40N4/c42-25-6-2-3-8-27-13-15-28(16-14-27)33-11-7-12-38-39(33)34-26-32(21-24-37(34)43-38)36-23-20-31-18-17-30-19-22-35(29-9-4-1-5-10-29)44-40(30)41(31)45-36/h1-7,9-20,22-23,25-26,30,34,36-40,43,45H,8,21,24,42H2/b3-2-,25-6-. The number of rotatable bonds is 6. The molecule has 8 rings (SSSR count). The molecule has 7 atom stereocenters. The lowest BCUT2D eigenvalue weighted by Crippen LogP contribution is -2.42. The molecule has 4 heteroatoms. The van der Waals surface area contributed by atoms with E-state index in [9.17, 15) is 0 Å². The Balaban J connectivity index is 1.03. The molecule has 0 radical (unpaired) electrons. The lowest BCUT2D eigenvalue weighted by Gasteiger charge is -2.37. The number of benzene rings is 2. The first-order valence-electron chi connectivity index (χ1n) is 16.4. The molecular weight excluding hydrogens is 548 g/mol. The molecule has 0 spiro atoms. The normalized spacial score (nSPS) is 31.2. The Labute approximate surface area is 266 Å². The first-order chi connectivity index (χ1) is 22.2. The van der Waals surface area contributed by atoms with Crippen molar-refractivity contribution in [1.29, 1.82) is 0 Å². The molecule has 1 saturated heterocycles. The Morgan fingerprint density at radius 3 is 2.60 bits per heavy atom. The van der Waals surface area contributed by atoms with Crippen LogP contribution in [0.2, 0.25) is 0 Å². The summed E-state index contributed by atoms with van der Waals surface area (Å²) >= 11 is 0. The van der Waals surface area contributed by atoms with Crippen LogP contribution in [0.1, 0.15) is 29.5 Å². The number of aliphatic imine (C=N–C) groups is 1. The fourth-order valence-corrected chi connectivity index (χ4v) is 8.01. The van der Waals surface area contributed by atoms with Gasteiger partial charge in [0, 0.05) is 35.5 Å². The van der Waals surface area contributed by atoms with Crippen LogP contribution in [0.3, 0.4) is 0 Å². The third-order valence-corrected chi connectivity index (χ3v) is 10.2. The second kappa shape index (κ2) is 12.0. The Hall–Kier alpha value is -4.67. The molecule has 45 heavy (non-hydrogen) atoms. The maximum atomic E-state index is 5.45. The number of hydrogen-bond acceptors (Lipinski definition) is 4. The fraction of sp³-hybridized carbons (Fsp3) is 0.244. The van der Waals surface area contributed by atoms with E-state index in [4.69, 9.17) is 10.7 Å². The molecule has 0 bridgehead atoms. The van der Waals surface area contributed by atoms with Gasteiger partial charge in [0.2, 0.25) is 0 Å². The summed E-state index contributed by atoms with van der Waals surface area (Å²) in [7, 11) is 0. The monoisotopic (exact) mass is 588 g/mol. The Morgan fingerprint density at radius 1 is 0.889 bits per heavy atom. The third-order valence-electron chi connectivity index (χ3n) is 10.2. The van der Waals surface area contributed by atoms with Gasteiger partial charge < -0.3 is 16.4 Å². The van der Waals surface area contributed by atoms with Crippen molar-refractivity contribution in [2.45, 2.75) is 43.4 Å². The van der Waals surface area contributed by atoms with Gasteiger partial charge >= 0.3 is 0 Å². The molecule has 0 amide bonds. The van der Waals surface area contributed by atoms with E-state index in [-0.39, 0.29) is 18.0 Å². The SMILES string of the molecule is N/C=C\C=C/Cc1ccc(C2=CC=CC3NC4CCC(C5C=CC6=C(N5)C5N=C(c7ccccc7)C=CC5C=C6)=CC4C23)cc1. The van der Waals surface area contributed by atoms with Gasteiger partial charge in [-0.15, -0.1) is 0 Å². The summed E-state index contributed by atoms with van der Waals surface area (Å²) < 4.78 is 0. The minimum atomic E-state index is 0.0840. The summed E-state index contributed by atoms with van der Waals surface area (Å²) in [6, 6.07) is 20.8. The molecule has 224 valence electrons. The molecule has 3 aliphatic heterocycles. The van der Waals surface area contributed by atoms with Crippen molar-refractivity contribution in [3.8, 4) is 0 Å². The van der Waals surface area contributed by atoms with Crippen LogP contribution in [0.25, 0.3) is 5.57 Å². The van der Waals surface area contributed by atoms with Crippen LogP contribution in [0.4, 0.5) is 0 Å². The van der Waals surface area contributed by atoms with Gasteiger partial charge in [-0.05, 0) is 71.0 Å². The molecular formula is C41H40N4. The topological polar surface area (TPSA) is 62.4 Å². The predicted octanol–water partition coefficient (Wildman–Crippen LogP) is 6.90. The summed E-state index contributed by atoms with van der Waals surface area (Å²) in [4.78, 5) is 5.29. The predicted molar refractivity (Wildman–Crippen MR) is 186 cm³/mol. The Bertz CT molecular complexity index is 1760. The van der Waals surface area contributed by atoms with Gasteiger partial charge in [0.1, 0.15) is 6.04 Å². The molecule has 6 aliphatic rings. The van der Waals surface area contributed by atoms with Gasteiger partial charge in [0.15, 0.2) is 0 Å². The highest BCUT2D eigenvalue weighted by molar-refractivity contribution is 6.09. The van der Waals surface area contributed by atoms with Gasteiger partial charge in [-0.25, -0.2) is 0 Å². The van der Waals surface area contributed by atoms with E-state index >= 15 is 0 Å². The van der Waals surface area contributed by atoms with Crippen LogP contribution < -0.4 is 16.4 Å². The third kappa shape index (κ3) is 5.34. The largest absolute Gasteiger partial charge is 0.405 e. The van der Waals surface area contributed by atoms with Crippen LogP contribution in [0.15, 0.2) is 162 Å². The second-order valence-corrected chi connectivity index (χ2v) is 12.9. The van der Waals surface area contributed by atoms with Gasteiger partial charge in [0.05, 0.1) is 11.8 Å². The summed E-state index contributed by atoms with van der Waals surface area (Å²) in [5, 5.41) is 7.98. The second-order valence-electron chi connectivity index (χ2n) is 12.9. The lowest BCUT2D eigenvalue weighted by molar-refractivity contribution is 0.427. The maximum absolute atomic E-state index is 5.45.